The minimum absolute atomic E-state index is 0.0806. The summed E-state index contributed by atoms with van der Waals surface area (Å²) < 4.78 is 18.6. The molecular weight excluding hydrogens is 484 g/mol. The van der Waals surface area contributed by atoms with E-state index in [-0.39, 0.29) is 6.61 Å². The number of aliphatic hydroxyl groups is 1. The molecule has 0 saturated carbocycles. The highest BCUT2D eigenvalue weighted by atomic mass is 16.5. The summed E-state index contributed by atoms with van der Waals surface area (Å²) in [4.78, 5) is 19.1. The van der Waals surface area contributed by atoms with E-state index >= 15 is 0 Å². The molecule has 0 radical (unpaired) electrons. The van der Waals surface area contributed by atoms with Crippen LogP contribution in [0.3, 0.4) is 0 Å². The molecule has 0 amide bonds. The van der Waals surface area contributed by atoms with Crippen LogP contribution in [0.15, 0.2) is 70.0 Å². The number of methoxy groups -OCH3 is 1. The summed E-state index contributed by atoms with van der Waals surface area (Å²) in [7, 11) is 1.65. The third-order valence-corrected chi connectivity index (χ3v) is 6.88. The Hall–Kier alpha value is -4.47. The van der Waals surface area contributed by atoms with Crippen molar-refractivity contribution < 1.29 is 19.1 Å². The zero-order valence-electron chi connectivity index (χ0n) is 21.0. The number of nitrogens with one attached hydrogen (secondary N) is 1. The largest absolute Gasteiger partial charge is 0.488 e. The van der Waals surface area contributed by atoms with E-state index in [1.165, 1.54) is 0 Å². The first-order chi connectivity index (χ1) is 18.6. The highest BCUT2D eigenvalue weighted by Crippen LogP contribution is 2.40. The molecule has 1 aliphatic rings. The van der Waals surface area contributed by atoms with E-state index in [1.54, 1.807) is 7.11 Å². The van der Waals surface area contributed by atoms with Gasteiger partial charge in [-0.25, -0.2) is 9.78 Å². The van der Waals surface area contributed by atoms with E-state index in [2.05, 4.69) is 32.9 Å². The van der Waals surface area contributed by atoms with Crippen LogP contribution in [-0.2, 0) is 31.1 Å². The standard InChI is InChI=1S/C29H26N4O5/c1-17(28-31-29(35)38-32-28)26-21-11-10-18(12-20(21)15-37-24-9-4-3-7-22(24)26)13-33-23-8-5-6-19(14-34)27(23)30-25(33)16-36-2/h3-12,34H,13-16H2,1-2H3,(H,31,32,35)/b26-17+. The monoisotopic (exact) mass is 510 g/mol. The molecule has 0 bridgehead atoms. The molecule has 0 saturated heterocycles. The molecule has 3 aromatic carbocycles. The van der Waals surface area contributed by atoms with E-state index in [1.807, 2.05) is 49.4 Å². The summed E-state index contributed by atoms with van der Waals surface area (Å²) in [5, 5.41) is 13.7. The lowest BCUT2D eigenvalue weighted by Gasteiger charge is -2.15. The molecule has 1 aliphatic heterocycles. The van der Waals surface area contributed by atoms with Crippen molar-refractivity contribution in [2.45, 2.75) is 33.3 Å². The van der Waals surface area contributed by atoms with Crippen LogP contribution in [0.4, 0.5) is 0 Å². The molecule has 0 spiro atoms. The van der Waals surface area contributed by atoms with Crippen molar-refractivity contribution in [3.8, 4) is 5.75 Å². The van der Waals surface area contributed by atoms with Crippen LogP contribution in [-0.4, -0.2) is 31.9 Å². The summed E-state index contributed by atoms with van der Waals surface area (Å²) in [5.41, 5.74) is 8.18. The van der Waals surface area contributed by atoms with Crippen molar-refractivity contribution in [1.82, 2.24) is 19.7 Å². The fourth-order valence-electron chi connectivity index (χ4n) is 5.10. The smallest absolute Gasteiger partial charge is 0.439 e. The summed E-state index contributed by atoms with van der Waals surface area (Å²) in [6, 6.07) is 20.0. The van der Waals surface area contributed by atoms with Crippen molar-refractivity contribution in [2.75, 3.05) is 7.11 Å². The molecule has 6 rings (SSSR count). The van der Waals surface area contributed by atoms with E-state index in [0.29, 0.717) is 25.6 Å². The Kier molecular flexibility index (Phi) is 6.15. The lowest BCUT2D eigenvalue weighted by molar-refractivity contribution is 0.175. The average molecular weight is 511 g/mol. The Labute approximate surface area is 218 Å². The number of nitrogens with zero attached hydrogens (tertiary/aromatic N) is 3. The van der Waals surface area contributed by atoms with Crippen molar-refractivity contribution in [1.29, 1.82) is 0 Å². The molecule has 0 unspecified atom stereocenters. The highest BCUT2D eigenvalue weighted by molar-refractivity contribution is 5.99. The number of H-pyrrole nitrogens is 1. The lowest BCUT2D eigenvalue weighted by Crippen LogP contribution is -2.07. The number of benzene rings is 3. The Balaban J connectivity index is 1.47. The van der Waals surface area contributed by atoms with Crippen LogP contribution in [0.5, 0.6) is 5.75 Å². The van der Waals surface area contributed by atoms with Gasteiger partial charge in [-0.1, -0.05) is 47.6 Å². The van der Waals surface area contributed by atoms with Gasteiger partial charge in [0.1, 0.15) is 24.8 Å². The minimum Gasteiger partial charge on any atom is -0.488 e. The van der Waals surface area contributed by atoms with E-state index < -0.39 is 5.76 Å². The molecule has 0 atom stereocenters. The van der Waals surface area contributed by atoms with Crippen molar-refractivity contribution in [3.05, 3.63) is 111 Å². The first-order valence-electron chi connectivity index (χ1n) is 12.3. The Morgan fingerprint density at radius 1 is 1.13 bits per heavy atom. The zero-order chi connectivity index (χ0) is 26.2. The molecule has 2 aromatic heterocycles. The maximum absolute atomic E-state index is 11.7. The quantitative estimate of drug-likeness (QED) is 0.351. The van der Waals surface area contributed by atoms with Gasteiger partial charge < -0.3 is 19.1 Å². The summed E-state index contributed by atoms with van der Waals surface area (Å²) in [6.45, 7) is 3.14. The number of fused-ring (bicyclic) bond motifs is 3. The number of aromatic amines is 1. The zero-order valence-corrected chi connectivity index (χ0v) is 21.0. The van der Waals surface area contributed by atoms with Crippen LogP contribution in [0, 0.1) is 0 Å². The van der Waals surface area contributed by atoms with Gasteiger partial charge in [0.2, 0.25) is 0 Å². The number of hydrogen-bond acceptors (Lipinski definition) is 7. The van der Waals surface area contributed by atoms with Crippen molar-refractivity contribution >= 4 is 22.2 Å². The van der Waals surface area contributed by atoms with Crippen LogP contribution < -0.4 is 10.5 Å². The van der Waals surface area contributed by atoms with Crippen molar-refractivity contribution in [3.63, 3.8) is 0 Å². The van der Waals surface area contributed by atoms with Gasteiger partial charge in [-0.15, -0.1) is 0 Å². The predicted molar refractivity (Wildman–Crippen MR) is 141 cm³/mol. The first kappa shape index (κ1) is 23.9. The van der Waals surface area contributed by atoms with Crippen molar-refractivity contribution in [2.24, 2.45) is 0 Å². The Bertz CT molecular complexity index is 1740. The van der Waals surface area contributed by atoms with Crippen LogP contribution in [0.1, 0.15) is 46.4 Å². The van der Waals surface area contributed by atoms with Gasteiger partial charge >= 0.3 is 5.76 Å². The highest BCUT2D eigenvalue weighted by Gasteiger charge is 2.23. The normalized spacial score (nSPS) is 14.1. The van der Waals surface area contributed by atoms with Gasteiger partial charge in [0.25, 0.3) is 0 Å². The number of para-hydroxylation sites is 2. The number of aliphatic hydroxyl groups excluding tert-OH is 1. The summed E-state index contributed by atoms with van der Waals surface area (Å²) in [5.74, 6) is 1.32. The van der Waals surface area contributed by atoms with Gasteiger partial charge in [0.15, 0.2) is 5.82 Å². The molecular formula is C29H26N4O5. The maximum Gasteiger partial charge on any atom is 0.439 e. The summed E-state index contributed by atoms with van der Waals surface area (Å²) in [6.07, 6.45) is 0. The number of rotatable bonds is 6. The van der Waals surface area contributed by atoms with Gasteiger partial charge in [0, 0.05) is 30.4 Å². The third kappa shape index (κ3) is 4.11. The summed E-state index contributed by atoms with van der Waals surface area (Å²) >= 11 is 0. The van der Waals surface area contributed by atoms with Crippen LogP contribution >= 0.6 is 0 Å². The van der Waals surface area contributed by atoms with Gasteiger partial charge in [-0.3, -0.25) is 9.51 Å². The lowest BCUT2D eigenvalue weighted by atomic mass is 9.89. The van der Waals surface area contributed by atoms with Gasteiger partial charge in [-0.2, -0.15) is 0 Å². The van der Waals surface area contributed by atoms with Crippen LogP contribution in [0.25, 0.3) is 22.2 Å². The number of allylic oxidation sites excluding steroid dienone is 1. The van der Waals surface area contributed by atoms with Gasteiger partial charge in [-0.05, 0) is 47.4 Å². The van der Waals surface area contributed by atoms with Gasteiger partial charge in [0.05, 0.1) is 17.6 Å². The minimum atomic E-state index is -0.600. The third-order valence-electron chi connectivity index (χ3n) is 6.88. The SMILES string of the molecule is COCc1nc2c(CO)cccc2n1Cc1ccc2c(c1)COc1ccccc1/C2=C(\C)c1noc(=O)[nH]1. The molecule has 5 aromatic rings. The van der Waals surface area contributed by atoms with Crippen LogP contribution in [0.2, 0.25) is 0 Å². The first-order valence-corrected chi connectivity index (χ1v) is 12.3. The molecule has 0 fully saturated rings. The maximum atomic E-state index is 11.7. The Morgan fingerprint density at radius 3 is 2.79 bits per heavy atom. The molecule has 0 aliphatic carbocycles. The Morgan fingerprint density at radius 2 is 2.00 bits per heavy atom. The average Bonchev–Trinajstić information content (AvgIpc) is 3.47. The number of imidazole rings is 1. The molecule has 9 nitrogen and oxygen atoms in total. The molecule has 192 valence electrons. The number of aromatic nitrogens is 4. The molecule has 38 heavy (non-hydrogen) atoms. The fourth-order valence-corrected chi connectivity index (χ4v) is 5.10. The second-order valence-corrected chi connectivity index (χ2v) is 9.21. The molecule has 3 heterocycles. The number of hydrogen-bond donors (Lipinski definition) is 2. The van der Waals surface area contributed by atoms with E-state index in [4.69, 9.17) is 19.0 Å². The fraction of sp³-hybridized carbons (Fsp3) is 0.207. The van der Waals surface area contributed by atoms with E-state index in [0.717, 1.165) is 61.6 Å². The molecule has 9 heteroatoms. The van der Waals surface area contributed by atoms with E-state index in [9.17, 15) is 9.90 Å². The second-order valence-electron chi connectivity index (χ2n) is 9.21. The molecule has 2 N–H and O–H groups in total. The second kappa shape index (κ2) is 9.77. The number of ether oxygens (including phenoxy) is 2. The predicted octanol–water partition coefficient (Wildman–Crippen LogP) is 4.27. The topological polar surface area (TPSA) is 115 Å².